The number of benzene rings is 2. The lowest BCUT2D eigenvalue weighted by Gasteiger charge is -2.23. The number of halogens is 1. The second-order valence-corrected chi connectivity index (χ2v) is 8.06. The number of nitriles is 1. The minimum atomic E-state index is -3.64. The molecule has 0 bridgehead atoms. The Labute approximate surface area is 155 Å². The highest BCUT2D eigenvalue weighted by Crippen LogP contribution is 2.27. The summed E-state index contributed by atoms with van der Waals surface area (Å²) in [5.74, 6) is -0.464. The van der Waals surface area contributed by atoms with Gasteiger partial charge in [-0.3, -0.25) is 9.10 Å². The molecule has 2 aromatic carbocycles. The lowest BCUT2D eigenvalue weighted by molar-refractivity contribution is -0.114. The topological polar surface area (TPSA) is 90.3 Å². The first kappa shape index (κ1) is 19.0. The Bertz CT molecular complexity index is 905. The molecule has 0 saturated carbocycles. The van der Waals surface area contributed by atoms with Crippen molar-refractivity contribution in [2.24, 2.45) is 0 Å². The van der Waals surface area contributed by atoms with Gasteiger partial charge in [0.25, 0.3) is 0 Å². The minimum absolute atomic E-state index is 0.290. The number of carbonyl (C=O) groups is 1. The van der Waals surface area contributed by atoms with Crippen LogP contribution in [0.4, 0.5) is 11.4 Å². The second kappa shape index (κ2) is 8.14. The summed E-state index contributed by atoms with van der Waals surface area (Å²) in [5.41, 5.74) is 1.77. The van der Waals surface area contributed by atoms with Crippen LogP contribution in [0.5, 0.6) is 0 Å². The molecule has 25 heavy (non-hydrogen) atoms. The third-order valence-electron chi connectivity index (χ3n) is 3.33. The SMILES string of the molecule is CS(=O)(=O)N(CC(=O)Nc1ccc(CC#N)cc1)c1ccccc1Br. The standard InChI is InChI=1S/C17H16BrN3O3S/c1-25(23,24)21(16-5-3-2-4-15(16)18)12-17(22)20-14-8-6-13(7-9-14)10-11-19/h2-9H,10,12H2,1H3,(H,20,22). The summed E-state index contributed by atoms with van der Waals surface area (Å²) in [7, 11) is -3.64. The van der Waals surface area contributed by atoms with Crippen molar-refractivity contribution in [1.82, 2.24) is 0 Å². The highest BCUT2D eigenvalue weighted by atomic mass is 79.9. The number of carbonyl (C=O) groups excluding carboxylic acids is 1. The molecule has 2 aromatic rings. The van der Waals surface area contributed by atoms with E-state index in [4.69, 9.17) is 5.26 Å². The van der Waals surface area contributed by atoms with E-state index in [1.807, 2.05) is 6.07 Å². The van der Waals surface area contributed by atoms with Gasteiger partial charge in [0.1, 0.15) is 6.54 Å². The predicted molar refractivity (Wildman–Crippen MR) is 101 cm³/mol. The fraction of sp³-hybridized carbons (Fsp3) is 0.176. The van der Waals surface area contributed by atoms with Gasteiger partial charge in [-0.05, 0) is 45.8 Å². The number of nitrogens with one attached hydrogen (secondary N) is 1. The average molecular weight is 422 g/mol. The van der Waals surface area contributed by atoms with Crippen LogP contribution in [-0.2, 0) is 21.2 Å². The summed E-state index contributed by atoms with van der Waals surface area (Å²) >= 11 is 3.30. The summed E-state index contributed by atoms with van der Waals surface area (Å²) in [6.45, 7) is -0.346. The molecule has 0 atom stereocenters. The Hall–Kier alpha value is -2.37. The monoisotopic (exact) mass is 421 g/mol. The Morgan fingerprint density at radius 2 is 1.84 bits per heavy atom. The molecule has 1 N–H and O–H groups in total. The maximum Gasteiger partial charge on any atom is 0.245 e. The Kier molecular flexibility index (Phi) is 6.17. The number of nitrogens with zero attached hydrogens (tertiary/aromatic N) is 2. The third-order valence-corrected chi connectivity index (χ3v) is 5.13. The van der Waals surface area contributed by atoms with Crippen molar-refractivity contribution in [2.75, 3.05) is 22.4 Å². The van der Waals surface area contributed by atoms with E-state index in [0.29, 0.717) is 15.8 Å². The molecule has 0 unspecified atom stereocenters. The lowest BCUT2D eigenvalue weighted by atomic mass is 10.1. The zero-order valence-corrected chi connectivity index (χ0v) is 15.8. The number of hydrogen-bond acceptors (Lipinski definition) is 4. The first-order chi connectivity index (χ1) is 11.8. The van der Waals surface area contributed by atoms with Crippen molar-refractivity contribution in [3.05, 3.63) is 58.6 Å². The second-order valence-electron chi connectivity index (χ2n) is 5.30. The lowest BCUT2D eigenvalue weighted by Crippen LogP contribution is -2.37. The van der Waals surface area contributed by atoms with Gasteiger partial charge in [0.05, 0.1) is 24.4 Å². The van der Waals surface area contributed by atoms with Crippen LogP contribution in [0, 0.1) is 11.3 Å². The number of anilines is 2. The minimum Gasteiger partial charge on any atom is -0.325 e. The Morgan fingerprint density at radius 1 is 1.20 bits per heavy atom. The number of para-hydroxylation sites is 1. The van der Waals surface area contributed by atoms with Gasteiger partial charge in [0.2, 0.25) is 15.9 Å². The molecule has 0 aromatic heterocycles. The molecule has 0 aliphatic rings. The molecule has 8 heteroatoms. The van der Waals surface area contributed by atoms with Crippen LogP contribution in [0.1, 0.15) is 5.56 Å². The molecule has 0 heterocycles. The van der Waals surface area contributed by atoms with Crippen molar-refractivity contribution >= 4 is 43.2 Å². The summed E-state index contributed by atoms with van der Waals surface area (Å²) in [5, 5.41) is 11.3. The number of sulfonamides is 1. The zero-order chi connectivity index (χ0) is 18.4. The number of amides is 1. The molecule has 0 radical (unpaired) electrons. The molecule has 0 aliphatic carbocycles. The van der Waals surface area contributed by atoms with Crippen molar-refractivity contribution < 1.29 is 13.2 Å². The summed E-state index contributed by atoms with van der Waals surface area (Å²) in [4.78, 5) is 12.3. The molecule has 6 nitrogen and oxygen atoms in total. The van der Waals surface area contributed by atoms with Crippen LogP contribution in [0.2, 0.25) is 0 Å². The van der Waals surface area contributed by atoms with Gasteiger partial charge in [-0.1, -0.05) is 24.3 Å². The van der Waals surface area contributed by atoms with Crippen molar-refractivity contribution in [3.63, 3.8) is 0 Å². The maximum atomic E-state index is 12.3. The molecule has 130 valence electrons. The van der Waals surface area contributed by atoms with E-state index in [1.54, 1.807) is 48.5 Å². The molecule has 1 amide bonds. The van der Waals surface area contributed by atoms with E-state index in [-0.39, 0.29) is 13.0 Å². The van der Waals surface area contributed by atoms with Gasteiger partial charge in [-0.15, -0.1) is 0 Å². The average Bonchev–Trinajstić information content (AvgIpc) is 2.55. The largest absolute Gasteiger partial charge is 0.325 e. The Morgan fingerprint density at radius 3 is 2.40 bits per heavy atom. The van der Waals surface area contributed by atoms with Crippen LogP contribution in [0.3, 0.4) is 0 Å². The third kappa shape index (κ3) is 5.31. The highest BCUT2D eigenvalue weighted by molar-refractivity contribution is 9.10. The van der Waals surface area contributed by atoms with Gasteiger partial charge in [-0.2, -0.15) is 5.26 Å². The van der Waals surface area contributed by atoms with Gasteiger partial charge < -0.3 is 5.32 Å². The summed E-state index contributed by atoms with van der Waals surface area (Å²) in [6, 6.07) is 15.7. The smallest absolute Gasteiger partial charge is 0.245 e. The molecule has 0 aliphatic heterocycles. The van der Waals surface area contributed by atoms with E-state index < -0.39 is 15.9 Å². The fourth-order valence-electron chi connectivity index (χ4n) is 2.16. The molecular weight excluding hydrogens is 406 g/mol. The number of rotatable bonds is 6. The van der Waals surface area contributed by atoms with Gasteiger partial charge in [0, 0.05) is 10.2 Å². The molecule has 2 rings (SSSR count). The predicted octanol–water partition coefficient (Wildman–Crippen LogP) is 2.92. The van der Waals surface area contributed by atoms with Gasteiger partial charge in [-0.25, -0.2) is 8.42 Å². The first-order valence-electron chi connectivity index (χ1n) is 7.29. The van der Waals surface area contributed by atoms with Gasteiger partial charge >= 0.3 is 0 Å². The van der Waals surface area contributed by atoms with Crippen LogP contribution in [0.25, 0.3) is 0 Å². The van der Waals surface area contributed by atoms with E-state index in [9.17, 15) is 13.2 Å². The molecular formula is C17H16BrN3O3S. The van der Waals surface area contributed by atoms with E-state index in [2.05, 4.69) is 21.2 Å². The van der Waals surface area contributed by atoms with E-state index >= 15 is 0 Å². The quantitative estimate of drug-likeness (QED) is 0.775. The fourth-order valence-corrected chi connectivity index (χ4v) is 3.65. The number of hydrogen-bond donors (Lipinski definition) is 1. The van der Waals surface area contributed by atoms with Crippen molar-refractivity contribution in [3.8, 4) is 6.07 Å². The first-order valence-corrected chi connectivity index (χ1v) is 9.93. The van der Waals surface area contributed by atoms with Crippen LogP contribution >= 0.6 is 15.9 Å². The van der Waals surface area contributed by atoms with Gasteiger partial charge in [0.15, 0.2) is 0 Å². The van der Waals surface area contributed by atoms with Crippen LogP contribution in [0.15, 0.2) is 53.0 Å². The molecule has 0 saturated heterocycles. The van der Waals surface area contributed by atoms with E-state index in [1.165, 1.54) is 0 Å². The summed E-state index contributed by atoms with van der Waals surface area (Å²) in [6.07, 6.45) is 1.34. The highest BCUT2D eigenvalue weighted by Gasteiger charge is 2.22. The zero-order valence-electron chi connectivity index (χ0n) is 13.4. The van der Waals surface area contributed by atoms with Crippen LogP contribution in [-0.4, -0.2) is 27.1 Å². The van der Waals surface area contributed by atoms with Crippen molar-refractivity contribution in [2.45, 2.75) is 6.42 Å². The molecule has 0 spiro atoms. The normalized spacial score (nSPS) is 10.8. The Balaban J connectivity index is 2.15. The maximum absolute atomic E-state index is 12.3. The van der Waals surface area contributed by atoms with Crippen molar-refractivity contribution in [1.29, 1.82) is 5.26 Å². The van der Waals surface area contributed by atoms with Crippen LogP contribution < -0.4 is 9.62 Å². The molecule has 0 fully saturated rings. The van der Waals surface area contributed by atoms with E-state index in [0.717, 1.165) is 16.1 Å². The summed E-state index contributed by atoms with van der Waals surface area (Å²) < 4.78 is 25.8.